The number of carbonyl (C=O) groups is 1. The Bertz CT molecular complexity index is 634. The third kappa shape index (κ3) is 3.33. The van der Waals surface area contributed by atoms with Gasteiger partial charge in [-0.15, -0.1) is 0 Å². The van der Waals surface area contributed by atoms with E-state index in [4.69, 9.17) is 10.5 Å². The molecule has 0 spiro atoms. The molecule has 0 aliphatic heterocycles. The number of hydrogen-bond donors (Lipinski definition) is 2. The number of imidazole rings is 1. The van der Waals surface area contributed by atoms with Crippen molar-refractivity contribution in [3.8, 4) is 5.75 Å². The van der Waals surface area contributed by atoms with Gasteiger partial charge in [-0.05, 0) is 32.9 Å². The van der Waals surface area contributed by atoms with Crippen LogP contribution in [-0.4, -0.2) is 28.6 Å². The molecule has 0 aliphatic carbocycles. The highest BCUT2D eigenvalue weighted by Crippen LogP contribution is 2.25. The molecule has 0 unspecified atom stereocenters. The van der Waals surface area contributed by atoms with Gasteiger partial charge in [0.25, 0.3) is 5.91 Å². The molecule has 1 aromatic heterocycles. The van der Waals surface area contributed by atoms with Crippen LogP contribution in [0.3, 0.4) is 0 Å². The summed E-state index contributed by atoms with van der Waals surface area (Å²) in [6.45, 7) is 7.05. The van der Waals surface area contributed by atoms with Gasteiger partial charge in [0.05, 0.1) is 17.6 Å². The van der Waals surface area contributed by atoms with E-state index < -0.39 is 0 Å². The van der Waals surface area contributed by atoms with Crippen molar-refractivity contribution in [2.24, 2.45) is 5.73 Å². The zero-order valence-electron chi connectivity index (χ0n) is 12.7. The molecule has 6 heteroatoms. The SMILES string of the molecule is CCNC(=O)COc1ccc2nc(CN)n(C(C)C)c2c1. The number of hydrogen-bond acceptors (Lipinski definition) is 4. The van der Waals surface area contributed by atoms with Crippen LogP contribution in [0, 0.1) is 0 Å². The van der Waals surface area contributed by atoms with E-state index >= 15 is 0 Å². The molecule has 1 aromatic carbocycles. The normalized spacial score (nSPS) is 11.1. The molecular weight excluding hydrogens is 268 g/mol. The second kappa shape index (κ2) is 6.58. The quantitative estimate of drug-likeness (QED) is 0.846. The number of carbonyl (C=O) groups excluding carboxylic acids is 1. The lowest BCUT2D eigenvalue weighted by atomic mass is 10.2. The number of nitrogens with two attached hydrogens (primary N) is 1. The van der Waals surface area contributed by atoms with Crippen LogP contribution in [0.25, 0.3) is 11.0 Å². The molecule has 21 heavy (non-hydrogen) atoms. The first-order valence-corrected chi connectivity index (χ1v) is 7.17. The van der Waals surface area contributed by atoms with Gasteiger partial charge >= 0.3 is 0 Å². The Balaban J connectivity index is 2.27. The molecule has 0 bridgehead atoms. The summed E-state index contributed by atoms with van der Waals surface area (Å²) in [6.07, 6.45) is 0. The monoisotopic (exact) mass is 290 g/mol. The Hall–Kier alpha value is -2.08. The van der Waals surface area contributed by atoms with Gasteiger partial charge in [-0.2, -0.15) is 0 Å². The maximum Gasteiger partial charge on any atom is 0.257 e. The third-order valence-electron chi connectivity index (χ3n) is 3.18. The lowest BCUT2D eigenvalue weighted by Gasteiger charge is -2.12. The minimum Gasteiger partial charge on any atom is -0.484 e. The van der Waals surface area contributed by atoms with Crippen LogP contribution < -0.4 is 15.8 Å². The molecule has 3 N–H and O–H groups in total. The minimum absolute atomic E-state index is 0.0128. The van der Waals surface area contributed by atoms with E-state index in [0.29, 0.717) is 18.8 Å². The van der Waals surface area contributed by atoms with Gasteiger partial charge < -0.3 is 20.4 Å². The molecule has 1 amide bonds. The van der Waals surface area contributed by atoms with Crippen LogP contribution in [0.15, 0.2) is 18.2 Å². The fourth-order valence-electron chi connectivity index (χ4n) is 2.33. The fourth-order valence-corrected chi connectivity index (χ4v) is 2.33. The van der Waals surface area contributed by atoms with E-state index in [2.05, 4.69) is 28.7 Å². The Morgan fingerprint density at radius 3 is 2.86 bits per heavy atom. The Kier molecular flexibility index (Phi) is 4.80. The van der Waals surface area contributed by atoms with Gasteiger partial charge in [0, 0.05) is 18.7 Å². The largest absolute Gasteiger partial charge is 0.484 e. The van der Waals surface area contributed by atoms with E-state index in [-0.39, 0.29) is 18.6 Å². The van der Waals surface area contributed by atoms with Gasteiger partial charge in [0.2, 0.25) is 0 Å². The van der Waals surface area contributed by atoms with Crippen molar-refractivity contribution >= 4 is 16.9 Å². The predicted molar refractivity (Wildman–Crippen MR) is 82.2 cm³/mol. The van der Waals surface area contributed by atoms with Crippen molar-refractivity contribution in [1.29, 1.82) is 0 Å². The van der Waals surface area contributed by atoms with Gasteiger partial charge in [-0.25, -0.2) is 4.98 Å². The number of nitrogens with one attached hydrogen (secondary N) is 1. The summed E-state index contributed by atoms with van der Waals surface area (Å²) in [5, 5.41) is 2.70. The van der Waals surface area contributed by atoms with Gasteiger partial charge in [-0.3, -0.25) is 4.79 Å². The number of rotatable bonds is 6. The molecule has 0 atom stereocenters. The minimum atomic E-state index is -0.127. The topological polar surface area (TPSA) is 82.2 Å². The van der Waals surface area contributed by atoms with Gasteiger partial charge in [0.1, 0.15) is 11.6 Å². The van der Waals surface area contributed by atoms with Crippen molar-refractivity contribution in [1.82, 2.24) is 14.9 Å². The maximum atomic E-state index is 11.4. The van der Waals surface area contributed by atoms with E-state index in [1.807, 2.05) is 25.1 Å². The molecular formula is C15H22N4O2. The average molecular weight is 290 g/mol. The number of nitrogens with zero attached hydrogens (tertiary/aromatic N) is 2. The highest BCUT2D eigenvalue weighted by molar-refractivity contribution is 5.79. The first-order chi connectivity index (χ1) is 10.1. The Labute approximate surface area is 124 Å². The molecule has 0 aliphatic rings. The van der Waals surface area contributed by atoms with Gasteiger partial charge in [0.15, 0.2) is 6.61 Å². The molecule has 6 nitrogen and oxygen atoms in total. The summed E-state index contributed by atoms with van der Waals surface area (Å²) in [4.78, 5) is 16.0. The first kappa shape index (κ1) is 15.3. The van der Waals surface area contributed by atoms with E-state index in [0.717, 1.165) is 16.9 Å². The molecule has 0 saturated heterocycles. The number of amides is 1. The summed E-state index contributed by atoms with van der Waals surface area (Å²) in [6, 6.07) is 5.87. The molecule has 0 radical (unpaired) electrons. The summed E-state index contributed by atoms with van der Waals surface area (Å²) in [5.74, 6) is 1.37. The van der Waals surface area contributed by atoms with Crippen LogP contribution >= 0.6 is 0 Å². The van der Waals surface area contributed by atoms with Crippen molar-refractivity contribution < 1.29 is 9.53 Å². The first-order valence-electron chi connectivity index (χ1n) is 7.17. The van der Waals surface area contributed by atoms with E-state index in [1.54, 1.807) is 0 Å². The Morgan fingerprint density at radius 2 is 2.24 bits per heavy atom. The highest BCUT2D eigenvalue weighted by atomic mass is 16.5. The smallest absolute Gasteiger partial charge is 0.257 e. The summed E-state index contributed by atoms with van der Waals surface area (Å²) >= 11 is 0. The number of fused-ring (bicyclic) bond motifs is 1. The van der Waals surface area contributed by atoms with Crippen LogP contribution in [0.4, 0.5) is 0 Å². The summed E-state index contributed by atoms with van der Waals surface area (Å²) < 4.78 is 7.61. The fraction of sp³-hybridized carbons (Fsp3) is 0.467. The van der Waals surface area contributed by atoms with Crippen LogP contribution in [0.1, 0.15) is 32.6 Å². The Morgan fingerprint density at radius 1 is 1.48 bits per heavy atom. The molecule has 0 fully saturated rings. The maximum absolute atomic E-state index is 11.4. The van der Waals surface area contributed by atoms with E-state index in [9.17, 15) is 4.79 Å². The van der Waals surface area contributed by atoms with Crippen LogP contribution in [-0.2, 0) is 11.3 Å². The molecule has 2 aromatic rings. The second-order valence-electron chi connectivity index (χ2n) is 5.09. The highest BCUT2D eigenvalue weighted by Gasteiger charge is 2.13. The zero-order valence-corrected chi connectivity index (χ0v) is 12.7. The summed E-state index contributed by atoms with van der Waals surface area (Å²) in [5.41, 5.74) is 7.61. The molecule has 0 saturated carbocycles. The van der Waals surface area contributed by atoms with Crippen molar-refractivity contribution in [2.45, 2.75) is 33.4 Å². The van der Waals surface area contributed by atoms with E-state index in [1.165, 1.54) is 0 Å². The number of likely N-dealkylation sites (N-methyl/N-ethyl adjacent to an activating group) is 1. The van der Waals surface area contributed by atoms with Crippen molar-refractivity contribution in [3.63, 3.8) is 0 Å². The average Bonchev–Trinajstić information content (AvgIpc) is 2.83. The standard InChI is InChI=1S/C15H22N4O2/c1-4-17-15(20)9-21-11-5-6-12-13(7-11)19(10(2)3)14(8-16)18-12/h5-7,10H,4,8-9,16H2,1-3H3,(H,17,20). The van der Waals surface area contributed by atoms with Gasteiger partial charge in [-0.1, -0.05) is 0 Å². The summed E-state index contributed by atoms with van der Waals surface area (Å²) in [7, 11) is 0. The lowest BCUT2D eigenvalue weighted by Crippen LogP contribution is -2.28. The van der Waals surface area contributed by atoms with Crippen molar-refractivity contribution in [2.75, 3.05) is 13.2 Å². The van der Waals surface area contributed by atoms with Crippen molar-refractivity contribution in [3.05, 3.63) is 24.0 Å². The molecule has 114 valence electrons. The zero-order chi connectivity index (χ0) is 15.4. The third-order valence-corrected chi connectivity index (χ3v) is 3.18. The molecule has 1 heterocycles. The number of aromatic nitrogens is 2. The number of ether oxygens (including phenoxy) is 1. The van der Waals surface area contributed by atoms with Crippen LogP contribution in [0.5, 0.6) is 5.75 Å². The molecule has 2 rings (SSSR count). The number of benzene rings is 1. The second-order valence-corrected chi connectivity index (χ2v) is 5.09. The lowest BCUT2D eigenvalue weighted by molar-refractivity contribution is -0.122. The van der Waals surface area contributed by atoms with Crippen LogP contribution in [0.2, 0.25) is 0 Å². The predicted octanol–water partition coefficient (Wildman–Crippen LogP) is 1.59.